The molecule has 0 unspecified atom stereocenters. The number of ketones is 1. The molecule has 2 bridgehead atoms. The van der Waals surface area contributed by atoms with Gasteiger partial charge in [-0.15, -0.1) is 0 Å². The first-order chi connectivity index (χ1) is 12.4. The molecular formula is C21H21NO4. The molecule has 2 fully saturated rings. The lowest BCUT2D eigenvalue weighted by Crippen LogP contribution is -2.33. The SMILES string of the molecule is COc1ccc(C(C)=O)cc1N1C(=O)[C@H]2[C@H](C1=O)[C@H]1C=C[C@@H]2C1=C(C)C. The normalized spacial score (nSPS) is 28.8. The van der Waals surface area contributed by atoms with E-state index in [0.29, 0.717) is 17.0 Å². The number of amides is 2. The summed E-state index contributed by atoms with van der Waals surface area (Å²) in [5, 5.41) is 0. The van der Waals surface area contributed by atoms with Crippen molar-refractivity contribution >= 4 is 23.3 Å². The summed E-state index contributed by atoms with van der Waals surface area (Å²) in [6.45, 7) is 5.53. The van der Waals surface area contributed by atoms with Crippen LogP contribution in [0.4, 0.5) is 5.69 Å². The van der Waals surface area contributed by atoms with Gasteiger partial charge in [-0.1, -0.05) is 23.3 Å². The fraction of sp³-hybridized carbons (Fsp3) is 0.381. The topological polar surface area (TPSA) is 63.7 Å². The summed E-state index contributed by atoms with van der Waals surface area (Å²) < 4.78 is 5.36. The van der Waals surface area contributed by atoms with Crippen LogP contribution in [-0.4, -0.2) is 24.7 Å². The molecule has 1 aliphatic heterocycles. The molecular weight excluding hydrogens is 330 g/mol. The molecule has 5 nitrogen and oxygen atoms in total. The summed E-state index contributed by atoms with van der Waals surface area (Å²) in [5.41, 5.74) is 3.21. The minimum atomic E-state index is -0.354. The van der Waals surface area contributed by atoms with Gasteiger partial charge in [0.1, 0.15) is 5.75 Å². The number of carbonyl (C=O) groups is 3. The van der Waals surface area contributed by atoms with Crippen molar-refractivity contribution in [3.05, 3.63) is 47.1 Å². The molecule has 1 aromatic rings. The molecule has 1 saturated carbocycles. The summed E-state index contributed by atoms with van der Waals surface area (Å²) in [7, 11) is 1.49. The lowest BCUT2D eigenvalue weighted by Gasteiger charge is -2.21. The highest BCUT2D eigenvalue weighted by atomic mass is 16.5. The quantitative estimate of drug-likeness (QED) is 0.477. The Kier molecular flexibility index (Phi) is 3.65. The Balaban J connectivity index is 1.80. The minimum Gasteiger partial charge on any atom is -0.495 e. The summed E-state index contributed by atoms with van der Waals surface area (Å²) in [4.78, 5) is 39.4. The minimum absolute atomic E-state index is 0.00145. The first kappa shape index (κ1) is 16.8. The number of allylic oxidation sites excluding steroid dienone is 4. The highest BCUT2D eigenvalue weighted by Gasteiger charge is 2.62. The van der Waals surface area contributed by atoms with Crippen molar-refractivity contribution in [1.82, 2.24) is 0 Å². The maximum absolute atomic E-state index is 13.2. The number of imide groups is 1. The Hall–Kier alpha value is -2.69. The van der Waals surface area contributed by atoms with Gasteiger partial charge in [0.2, 0.25) is 11.8 Å². The van der Waals surface area contributed by atoms with Gasteiger partial charge >= 0.3 is 0 Å². The van der Waals surface area contributed by atoms with Gasteiger partial charge in [0.15, 0.2) is 5.78 Å². The number of benzene rings is 1. The van der Waals surface area contributed by atoms with E-state index in [2.05, 4.69) is 12.2 Å². The number of anilines is 1. The largest absolute Gasteiger partial charge is 0.495 e. The van der Waals surface area contributed by atoms with E-state index >= 15 is 0 Å². The van der Waals surface area contributed by atoms with Gasteiger partial charge in [0.05, 0.1) is 24.6 Å². The highest BCUT2D eigenvalue weighted by Crippen LogP contribution is 2.57. The molecule has 1 heterocycles. The van der Waals surface area contributed by atoms with E-state index in [1.54, 1.807) is 18.2 Å². The molecule has 134 valence electrons. The number of fused-ring (bicyclic) bond motifs is 5. The van der Waals surface area contributed by atoms with Crippen LogP contribution < -0.4 is 9.64 Å². The summed E-state index contributed by atoms with van der Waals surface area (Å²) in [5.74, 6) is -0.816. The van der Waals surface area contributed by atoms with Crippen LogP contribution in [0.1, 0.15) is 31.1 Å². The fourth-order valence-corrected chi connectivity index (χ4v) is 4.75. The maximum Gasteiger partial charge on any atom is 0.238 e. The monoisotopic (exact) mass is 351 g/mol. The van der Waals surface area contributed by atoms with Crippen LogP contribution in [0.5, 0.6) is 5.75 Å². The molecule has 0 radical (unpaired) electrons. The van der Waals surface area contributed by atoms with E-state index in [4.69, 9.17) is 4.74 Å². The van der Waals surface area contributed by atoms with Gasteiger partial charge in [-0.25, -0.2) is 4.90 Å². The molecule has 0 aromatic heterocycles. The van der Waals surface area contributed by atoms with Crippen LogP contribution in [0.3, 0.4) is 0 Å². The Morgan fingerprint density at radius 3 is 2.04 bits per heavy atom. The van der Waals surface area contributed by atoms with Crippen molar-refractivity contribution in [2.45, 2.75) is 20.8 Å². The average molecular weight is 351 g/mol. The van der Waals surface area contributed by atoms with E-state index < -0.39 is 0 Å². The number of hydrogen-bond donors (Lipinski definition) is 0. The standard InChI is InChI=1S/C21H21NO4/c1-10(2)17-13-6-7-14(17)19-18(13)20(24)22(21(19)25)15-9-12(11(3)23)5-8-16(15)26-4/h5-9,13-14,18-19H,1-4H3/t13-,14+,18-,19-/m1/s1. The van der Waals surface area contributed by atoms with Gasteiger partial charge in [0, 0.05) is 17.4 Å². The van der Waals surface area contributed by atoms with Crippen LogP contribution in [-0.2, 0) is 9.59 Å². The lowest BCUT2D eigenvalue weighted by molar-refractivity contribution is -0.123. The van der Waals surface area contributed by atoms with Crippen molar-refractivity contribution in [1.29, 1.82) is 0 Å². The second-order valence-electron chi connectivity index (χ2n) is 7.40. The maximum atomic E-state index is 13.2. The molecule has 3 aliphatic rings. The zero-order valence-corrected chi connectivity index (χ0v) is 15.3. The van der Waals surface area contributed by atoms with Crippen LogP contribution in [0, 0.1) is 23.7 Å². The molecule has 2 amide bonds. The molecule has 1 aromatic carbocycles. The third-order valence-corrected chi connectivity index (χ3v) is 5.82. The van der Waals surface area contributed by atoms with Crippen LogP contribution in [0.15, 0.2) is 41.5 Å². The number of nitrogens with zero attached hydrogens (tertiary/aromatic N) is 1. The Morgan fingerprint density at radius 1 is 1.00 bits per heavy atom. The Morgan fingerprint density at radius 2 is 1.58 bits per heavy atom. The molecule has 0 N–H and O–H groups in total. The van der Waals surface area contributed by atoms with Crippen LogP contribution >= 0.6 is 0 Å². The number of ether oxygens (including phenoxy) is 1. The lowest BCUT2D eigenvalue weighted by atomic mass is 9.85. The van der Waals surface area contributed by atoms with Gasteiger partial charge in [-0.2, -0.15) is 0 Å². The second-order valence-corrected chi connectivity index (χ2v) is 7.40. The number of rotatable bonds is 3. The van der Waals surface area contributed by atoms with E-state index in [-0.39, 0.29) is 41.3 Å². The molecule has 1 saturated heterocycles. The fourth-order valence-electron chi connectivity index (χ4n) is 4.75. The van der Waals surface area contributed by atoms with Crippen molar-refractivity contribution < 1.29 is 19.1 Å². The summed E-state index contributed by atoms with van der Waals surface area (Å²) in [6, 6.07) is 4.85. The number of methoxy groups -OCH3 is 1. The number of carbonyl (C=O) groups excluding carboxylic acids is 3. The molecule has 4 atom stereocenters. The van der Waals surface area contributed by atoms with Crippen LogP contribution in [0.2, 0.25) is 0 Å². The summed E-state index contributed by atoms with van der Waals surface area (Å²) >= 11 is 0. The van der Waals surface area contributed by atoms with E-state index in [1.807, 2.05) is 13.8 Å². The Bertz CT molecular complexity index is 873. The van der Waals surface area contributed by atoms with Crippen molar-refractivity contribution in [2.24, 2.45) is 23.7 Å². The molecule has 26 heavy (non-hydrogen) atoms. The van der Waals surface area contributed by atoms with Gasteiger partial charge < -0.3 is 4.74 Å². The number of hydrogen-bond acceptors (Lipinski definition) is 4. The highest BCUT2D eigenvalue weighted by molar-refractivity contribution is 6.24. The first-order valence-electron chi connectivity index (χ1n) is 8.79. The molecule has 2 aliphatic carbocycles. The zero-order valence-electron chi connectivity index (χ0n) is 15.3. The predicted molar refractivity (Wildman–Crippen MR) is 97.0 cm³/mol. The van der Waals surface area contributed by atoms with Crippen molar-refractivity contribution in [3.8, 4) is 5.75 Å². The molecule has 5 heteroatoms. The molecule has 4 rings (SSSR count). The average Bonchev–Trinajstić information content (AvgIpc) is 3.24. The van der Waals surface area contributed by atoms with Gasteiger partial charge in [-0.3, -0.25) is 14.4 Å². The van der Waals surface area contributed by atoms with Gasteiger partial charge in [-0.05, 0) is 39.0 Å². The predicted octanol–water partition coefficient (Wildman–Crippen LogP) is 3.16. The first-order valence-corrected chi connectivity index (χ1v) is 8.79. The van der Waals surface area contributed by atoms with Crippen molar-refractivity contribution in [2.75, 3.05) is 12.0 Å². The second kappa shape index (κ2) is 5.66. The van der Waals surface area contributed by atoms with E-state index in [0.717, 1.165) is 0 Å². The van der Waals surface area contributed by atoms with E-state index in [9.17, 15) is 14.4 Å². The molecule has 0 spiro atoms. The van der Waals surface area contributed by atoms with Crippen molar-refractivity contribution in [3.63, 3.8) is 0 Å². The van der Waals surface area contributed by atoms with E-state index in [1.165, 1.54) is 30.1 Å². The smallest absolute Gasteiger partial charge is 0.238 e. The number of Topliss-reactive ketones (excluding diaryl/α,β-unsaturated/α-hetero) is 1. The van der Waals surface area contributed by atoms with Gasteiger partial charge in [0.25, 0.3) is 0 Å². The summed E-state index contributed by atoms with van der Waals surface area (Å²) in [6.07, 6.45) is 4.12. The third kappa shape index (κ3) is 2.06. The zero-order chi connectivity index (χ0) is 18.7. The Labute approximate surface area is 152 Å². The third-order valence-electron chi connectivity index (χ3n) is 5.82. The van der Waals surface area contributed by atoms with Crippen LogP contribution in [0.25, 0.3) is 0 Å².